The number of aromatic nitrogens is 2. The normalized spacial score (nSPS) is 10.1. The summed E-state index contributed by atoms with van der Waals surface area (Å²) in [6.45, 7) is 2.03. The molecular weight excluding hydrogens is 178 g/mol. The maximum absolute atomic E-state index is 11.3. The van der Waals surface area contributed by atoms with Gasteiger partial charge in [0.05, 0.1) is 14.5 Å². The third-order valence-corrected chi connectivity index (χ3v) is 1.75. The zero-order valence-corrected chi connectivity index (χ0v) is 8.04. The lowest BCUT2D eigenvalue weighted by molar-refractivity contribution is 0.0521. The predicted molar refractivity (Wildman–Crippen MR) is 54.2 cm³/mol. The molecule has 1 aromatic heterocycles. The van der Waals surface area contributed by atoms with Gasteiger partial charge in [-0.1, -0.05) is 6.32 Å². The van der Waals surface area contributed by atoms with Gasteiger partial charge in [0.25, 0.3) is 0 Å². The van der Waals surface area contributed by atoms with Crippen LogP contribution in [-0.4, -0.2) is 38.5 Å². The Balaban J connectivity index is 2.83. The molecule has 0 saturated carbocycles. The number of esters is 1. The summed E-state index contributed by atoms with van der Waals surface area (Å²) in [4.78, 5) is 11.3. The summed E-state index contributed by atoms with van der Waals surface area (Å²) in [6, 6.07) is 0. The van der Waals surface area contributed by atoms with Crippen LogP contribution in [0.25, 0.3) is 0 Å². The standard InChI is InChI=1S/C8H10B2N2O2/c1-2-14-8(13)7-6(10)5(3-4-9)11-12-7/h2-4H2,1H3,(H,11,12). The smallest absolute Gasteiger partial charge is 0.358 e. The molecule has 4 radical (unpaired) electrons. The number of aromatic amines is 1. The topological polar surface area (TPSA) is 55.0 Å². The van der Waals surface area contributed by atoms with Crippen molar-refractivity contribution >= 4 is 27.1 Å². The molecule has 0 aliphatic carbocycles. The number of carbonyl (C=O) groups is 1. The molecule has 0 spiro atoms. The van der Waals surface area contributed by atoms with Gasteiger partial charge in [0.15, 0.2) is 5.69 Å². The molecule has 70 valence electrons. The Kier molecular flexibility index (Phi) is 3.80. The molecular formula is C8H10B2N2O2. The highest BCUT2D eigenvalue weighted by Crippen LogP contribution is 1.99. The van der Waals surface area contributed by atoms with Crippen molar-refractivity contribution < 1.29 is 9.53 Å². The summed E-state index contributed by atoms with van der Waals surface area (Å²) >= 11 is 0. The van der Waals surface area contributed by atoms with Gasteiger partial charge in [0, 0.05) is 5.69 Å². The highest BCUT2D eigenvalue weighted by atomic mass is 16.5. The van der Waals surface area contributed by atoms with E-state index in [1.807, 2.05) is 0 Å². The molecule has 0 saturated heterocycles. The minimum atomic E-state index is -0.510. The molecule has 1 N–H and O–H groups in total. The molecule has 6 heteroatoms. The van der Waals surface area contributed by atoms with Gasteiger partial charge < -0.3 is 4.74 Å². The van der Waals surface area contributed by atoms with Gasteiger partial charge in [0.2, 0.25) is 0 Å². The second-order valence-corrected chi connectivity index (χ2v) is 2.72. The first kappa shape index (κ1) is 10.9. The van der Waals surface area contributed by atoms with E-state index in [0.29, 0.717) is 30.5 Å². The van der Waals surface area contributed by atoms with Crippen molar-refractivity contribution in [2.75, 3.05) is 6.61 Å². The van der Waals surface area contributed by atoms with Crippen molar-refractivity contribution in [3.05, 3.63) is 11.4 Å². The number of nitrogens with zero attached hydrogens (tertiary/aromatic N) is 1. The van der Waals surface area contributed by atoms with Crippen LogP contribution in [0, 0.1) is 0 Å². The van der Waals surface area contributed by atoms with Gasteiger partial charge in [0.1, 0.15) is 7.85 Å². The zero-order valence-electron chi connectivity index (χ0n) is 8.04. The molecule has 0 aliphatic heterocycles. The molecule has 14 heavy (non-hydrogen) atoms. The van der Waals surface area contributed by atoms with Crippen LogP contribution < -0.4 is 5.46 Å². The van der Waals surface area contributed by atoms with Crippen molar-refractivity contribution in [2.45, 2.75) is 19.7 Å². The van der Waals surface area contributed by atoms with Crippen molar-refractivity contribution in [3.63, 3.8) is 0 Å². The first-order valence-corrected chi connectivity index (χ1v) is 4.40. The molecule has 0 aliphatic rings. The van der Waals surface area contributed by atoms with Gasteiger partial charge in [-0.25, -0.2) is 4.79 Å². The van der Waals surface area contributed by atoms with Crippen molar-refractivity contribution in [1.82, 2.24) is 10.2 Å². The van der Waals surface area contributed by atoms with Crippen LogP contribution in [0.3, 0.4) is 0 Å². The Morgan fingerprint density at radius 1 is 1.64 bits per heavy atom. The molecule has 0 atom stereocenters. The summed E-state index contributed by atoms with van der Waals surface area (Å²) in [5, 5.41) is 6.43. The minimum Gasteiger partial charge on any atom is -0.461 e. The van der Waals surface area contributed by atoms with Crippen molar-refractivity contribution in [2.24, 2.45) is 0 Å². The summed E-state index contributed by atoms with van der Waals surface area (Å²) in [5.41, 5.74) is 1.14. The first-order valence-electron chi connectivity index (χ1n) is 4.40. The molecule has 1 aromatic rings. The Morgan fingerprint density at radius 3 is 2.93 bits per heavy atom. The van der Waals surface area contributed by atoms with E-state index < -0.39 is 5.97 Å². The molecule has 4 nitrogen and oxygen atoms in total. The van der Waals surface area contributed by atoms with Crippen LogP contribution in [0.1, 0.15) is 23.1 Å². The van der Waals surface area contributed by atoms with Gasteiger partial charge in [-0.05, 0) is 18.8 Å². The first-order chi connectivity index (χ1) is 6.70. The number of carbonyl (C=O) groups excluding carboxylic acids is 1. The number of hydrogen-bond acceptors (Lipinski definition) is 3. The monoisotopic (exact) mass is 188 g/mol. The lowest BCUT2D eigenvalue weighted by Crippen LogP contribution is -2.18. The van der Waals surface area contributed by atoms with Gasteiger partial charge in [-0.15, -0.1) is 0 Å². The number of aryl methyl sites for hydroxylation is 1. The maximum atomic E-state index is 11.3. The van der Waals surface area contributed by atoms with Crippen molar-refractivity contribution in [1.29, 1.82) is 0 Å². The molecule has 0 aromatic carbocycles. The third-order valence-electron chi connectivity index (χ3n) is 1.75. The van der Waals surface area contributed by atoms with E-state index in [4.69, 9.17) is 20.4 Å². The minimum absolute atomic E-state index is 0.135. The lowest BCUT2D eigenvalue weighted by atomic mass is 9.89. The van der Waals surface area contributed by atoms with Crippen LogP contribution in [0.4, 0.5) is 0 Å². The highest BCUT2D eigenvalue weighted by Gasteiger charge is 2.15. The third kappa shape index (κ3) is 2.19. The van der Waals surface area contributed by atoms with E-state index in [9.17, 15) is 4.79 Å². The Labute approximate surface area is 85.2 Å². The number of H-pyrrole nitrogens is 1. The number of ether oxygens (including phenoxy) is 1. The van der Waals surface area contributed by atoms with Crippen LogP contribution in [0.15, 0.2) is 0 Å². The fourth-order valence-electron chi connectivity index (χ4n) is 1.08. The Morgan fingerprint density at radius 2 is 2.36 bits per heavy atom. The zero-order chi connectivity index (χ0) is 10.6. The van der Waals surface area contributed by atoms with Crippen LogP contribution in [0.5, 0.6) is 0 Å². The Bertz CT molecular complexity index is 325. The van der Waals surface area contributed by atoms with Gasteiger partial charge in [-0.3, -0.25) is 5.10 Å². The number of nitrogens with one attached hydrogen (secondary N) is 1. The average molecular weight is 188 g/mol. The average Bonchev–Trinajstić information content (AvgIpc) is 2.49. The van der Waals surface area contributed by atoms with E-state index in [-0.39, 0.29) is 5.69 Å². The predicted octanol–water partition coefficient (Wildman–Crippen LogP) is -0.490. The van der Waals surface area contributed by atoms with E-state index in [1.54, 1.807) is 6.92 Å². The van der Waals surface area contributed by atoms with Gasteiger partial charge in [-0.2, -0.15) is 5.10 Å². The second-order valence-electron chi connectivity index (χ2n) is 2.72. The maximum Gasteiger partial charge on any atom is 0.358 e. The fraction of sp³-hybridized carbons (Fsp3) is 0.500. The fourth-order valence-corrected chi connectivity index (χ4v) is 1.08. The van der Waals surface area contributed by atoms with E-state index in [1.165, 1.54) is 0 Å². The van der Waals surface area contributed by atoms with Gasteiger partial charge >= 0.3 is 5.97 Å². The molecule has 1 heterocycles. The highest BCUT2D eigenvalue weighted by molar-refractivity contribution is 6.36. The SMILES string of the molecule is [B]CCc1[nH]nc(C(=O)OCC)c1[B]. The molecule has 0 amide bonds. The van der Waals surface area contributed by atoms with Crippen LogP contribution in [-0.2, 0) is 11.2 Å². The van der Waals surface area contributed by atoms with Crippen molar-refractivity contribution in [3.8, 4) is 0 Å². The largest absolute Gasteiger partial charge is 0.461 e. The second kappa shape index (κ2) is 4.88. The summed E-state index contributed by atoms with van der Waals surface area (Å²) in [6.07, 6.45) is 1.02. The quantitative estimate of drug-likeness (QED) is 0.512. The van der Waals surface area contributed by atoms with E-state index in [2.05, 4.69) is 10.2 Å². The van der Waals surface area contributed by atoms with E-state index in [0.717, 1.165) is 0 Å². The lowest BCUT2D eigenvalue weighted by Gasteiger charge is -1.99. The molecule has 0 bridgehead atoms. The van der Waals surface area contributed by atoms with Crippen LogP contribution >= 0.6 is 0 Å². The summed E-state index contributed by atoms with van der Waals surface area (Å²) < 4.78 is 4.77. The molecule has 0 unspecified atom stereocenters. The molecule has 0 fully saturated rings. The Hall–Kier alpha value is -1.19. The number of hydrogen-bond donors (Lipinski definition) is 1. The summed E-state index contributed by atoms with van der Waals surface area (Å²) in [7, 11) is 11.0. The number of rotatable bonds is 4. The molecule has 1 rings (SSSR count). The summed E-state index contributed by atoms with van der Waals surface area (Å²) in [5.74, 6) is -0.510. The van der Waals surface area contributed by atoms with Crippen LogP contribution in [0.2, 0.25) is 6.32 Å². The van der Waals surface area contributed by atoms with E-state index >= 15 is 0 Å².